The van der Waals surface area contributed by atoms with Crippen LogP contribution >= 0.6 is 23.7 Å². The molecule has 2 rings (SSSR count). The Morgan fingerprint density at radius 2 is 2.50 bits per heavy atom. The van der Waals surface area contributed by atoms with E-state index in [1.807, 2.05) is 18.5 Å². The molecule has 1 amide bonds. The number of rotatable bonds is 6. The molecular weight excluding hydrogens is 298 g/mol. The SMILES string of the molecule is CCOCC(=O)NCC1CCCN(c2nccs2)C1.Cl. The van der Waals surface area contributed by atoms with Gasteiger partial charge >= 0.3 is 0 Å². The summed E-state index contributed by atoms with van der Waals surface area (Å²) >= 11 is 1.67. The number of thiazole rings is 1. The van der Waals surface area contributed by atoms with Crippen LogP contribution in [-0.4, -0.2) is 43.7 Å². The quantitative estimate of drug-likeness (QED) is 0.870. The van der Waals surface area contributed by atoms with Gasteiger partial charge in [0.1, 0.15) is 6.61 Å². The van der Waals surface area contributed by atoms with Crippen LogP contribution in [0.2, 0.25) is 0 Å². The highest BCUT2D eigenvalue weighted by Crippen LogP contribution is 2.24. The number of amides is 1. The predicted octanol–water partition coefficient (Wildman–Crippen LogP) is 1.93. The van der Waals surface area contributed by atoms with Crippen molar-refractivity contribution in [2.75, 3.05) is 37.7 Å². The molecule has 1 N–H and O–H groups in total. The summed E-state index contributed by atoms with van der Waals surface area (Å²) in [5.74, 6) is 0.483. The summed E-state index contributed by atoms with van der Waals surface area (Å²) in [6.45, 7) is 5.40. The van der Waals surface area contributed by atoms with Crippen molar-refractivity contribution in [3.05, 3.63) is 11.6 Å². The largest absolute Gasteiger partial charge is 0.372 e. The maximum Gasteiger partial charge on any atom is 0.246 e. The second-order valence-corrected chi connectivity index (χ2v) is 5.58. The van der Waals surface area contributed by atoms with Crippen LogP contribution in [0, 0.1) is 5.92 Å². The third-order valence-corrected chi connectivity index (χ3v) is 4.07. The van der Waals surface area contributed by atoms with Crippen LogP contribution in [0.3, 0.4) is 0 Å². The van der Waals surface area contributed by atoms with Crippen LogP contribution < -0.4 is 10.2 Å². The standard InChI is InChI=1S/C13H21N3O2S.ClH/c1-2-18-10-12(17)15-8-11-4-3-6-16(9-11)13-14-5-7-19-13;/h5,7,11H,2-4,6,8-10H2,1H3,(H,15,17);1H. The van der Waals surface area contributed by atoms with E-state index < -0.39 is 0 Å². The van der Waals surface area contributed by atoms with E-state index in [2.05, 4.69) is 15.2 Å². The van der Waals surface area contributed by atoms with E-state index in [0.717, 1.165) is 37.6 Å². The molecule has 5 nitrogen and oxygen atoms in total. The topological polar surface area (TPSA) is 54.5 Å². The molecule has 1 aliphatic rings. The lowest BCUT2D eigenvalue weighted by Gasteiger charge is -2.32. The summed E-state index contributed by atoms with van der Waals surface area (Å²) in [5, 5.41) is 6.04. The zero-order valence-corrected chi connectivity index (χ0v) is 13.3. The highest BCUT2D eigenvalue weighted by atomic mass is 35.5. The Bertz CT molecular complexity index is 389. The minimum absolute atomic E-state index is 0. The van der Waals surface area contributed by atoms with Crippen molar-refractivity contribution in [3.8, 4) is 0 Å². The predicted molar refractivity (Wildman–Crippen MR) is 83.8 cm³/mol. The maximum atomic E-state index is 11.5. The van der Waals surface area contributed by atoms with E-state index in [1.165, 1.54) is 0 Å². The number of hydrogen-bond donors (Lipinski definition) is 1. The molecule has 1 atom stereocenters. The van der Waals surface area contributed by atoms with Gasteiger partial charge in [0.15, 0.2) is 5.13 Å². The minimum atomic E-state index is -0.0202. The molecule has 2 heterocycles. The van der Waals surface area contributed by atoms with E-state index in [0.29, 0.717) is 12.5 Å². The summed E-state index contributed by atoms with van der Waals surface area (Å²) in [5.41, 5.74) is 0. The molecule has 0 bridgehead atoms. The summed E-state index contributed by atoms with van der Waals surface area (Å²) in [7, 11) is 0. The van der Waals surface area contributed by atoms with Gasteiger partial charge in [-0.25, -0.2) is 4.98 Å². The van der Waals surface area contributed by atoms with Gasteiger partial charge in [0.05, 0.1) is 0 Å². The lowest BCUT2D eigenvalue weighted by molar-refractivity contribution is -0.125. The van der Waals surface area contributed by atoms with Gasteiger partial charge in [-0.15, -0.1) is 23.7 Å². The molecule has 1 saturated heterocycles. The van der Waals surface area contributed by atoms with Crippen molar-refractivity contribution in [2.24, 2.45) is 5.92 Å². The van der Waals surface area contributed by atoms with Crippen molar-refractivity contribution in [1.29, 1.82) is 0 Å². The van der Waals surface area contributed by atoms with E-state index in [9.17, 15) is 4.79 Å². The molecule has 0 spiro atoms. The summed E-state index contributed by atoms with van der Waals surface area (Å²) < 4.78 is 5.08. The van der Waals surface area contributed by atoms with Gasteiger partial charge < -0.3 is 15.0 Å². The second kappa shape index (κ2) is 9.15. The first-order chi connectivity index (χ1) is 9.29. The zero-order chi connectivity index (χ0) is 13.5. The van der Waals surface area contributed by atoms with Crippen molar-refractivity contribution < 1.29 is 9.53 Å². The number of halogens is 1. The fourth-order valence-electron chi connectivity index (χ4n) is 2.28. The number of nitrogens with zero attached hydrogens (tertiary/aromatic N) is 2. The van der Waals surface area contributed by atoms with Crippen molar-refractivity contribution >= 4 is 34.8 Å². The molecule has 1 unspecified atom stereocenters. The third kappa shape index (κ3) is 5.26. The number of nitrogens with one attached hydrogen (secondary N) is 1. The Morgan fingerprint density at radius 1 is 1.65 bits per heavy atom. The van der Waals surface area contributed by atoms with Crippen LogP contribution in [0.4, 0.5) is 5.13 Å². The number of hydrogen-bond acceptors (Lipinski definition) is 5. The first-order valence-corrected chi connectivity index (χ1v) is 7.66. The van der Waals surface area contributed by atoms with Crippen LogP contribution in [0.25, 0.3) is 0 Å². The Balaban J connectivity index is 0.00000200. The van der Waals surface area contributed by atoms with E-state index in [-0.39, 0.29) is 24.9 Å². The van der Waals surface area contributed by atoms with Gasteiger partial charge in [-0.1, -0.05) is 0 Å². The van der Waals surface area contributed by atoms with Gasteiger partial charge in [-0.2, -0.15) is 0 Å². The first kappa shape index (κ1) is 17.2. The monoisotopic (exact) mass is 319 g/mol. The van der Waals surface area contributed by atoms with E-state index in [1.54, 1.807) is 11.3 Å². The van der Waals surface area contributed by atoms with Crippen molar-refractivity contribution in [2.45, 2.75) is 19.8 Å². The molecule has 0 aliphatic carbocycles. The smallest absolute Gasteiger partial charge is 0.246 e. The zero-order valence-electron chi connectivity index (χ0n) is 11.7. The molecule has 1 aromatic heterocycles. The van der Waals surface area contributed by atoms with Crippen LogP contribution in [0.1, 0.15) is 19.8 Å². The summed E-state index contributed by atoms with van der Waals surface area (Å²) in [6, 6.07) is 0. The third-order valence-electron chi connectivity index (χ3n) is 3.23. The normalized spacial score (nSPS) is 18.4. The van der Waals surface area contributed by atoms with Gasteiger partial charge in [-0.3, -0.25) is 4.79 Å². The van der Waals surface area contributed by atoms with Crippen molar-refractivity contribution in [1.82, 2.24) is 10.3 Å². The van der Waals surface area contributed by atoms with Gasteiger partial charge in [-0.05, 0) is 25.7 Å². The Hall–Kier alpha value is -0.850. The second-order valence-electron chi connectivity index (χ2n) is 4.71. The van der Waals surface area contributed by atoms with E-state index >= 15 is 0 Å². The number of aromatic nitrogens is 1. The minimum Gasteiger partial charge on any atom is -0.372 e. The fraction of sp³-hybridized carbons (Fsp3) is 0.692. The Kier molecular flexibility index (Phi) is 7.87. The fourth-order valence-corrected chi connectivity index (χ4v) is 2.96. The summed E-state index contributed by atoms with van der Waals surface area (Å²) in [6.07, 6.45) is 4.16. The maximum absolute atomic E-state index is 11.5. The van der Waals surface area contributed by atoms with Crippen molar-refractivity contribution in [3.63, 3.8) is 0 Å². The molecule has 0 radical (unpaired) electrons. The van der Waals surface area contributed by atoms with Gasteiger partial charge in [0, 0.05) is 37.8 Å². The average molecular weight is 320 g/mol. The number of carbonyl (C=O) groups excluding carboxylic acids is 1. The lowest BCUT2D eigenvalue weighted by atomic mass is 9.98. The number of piperidine rings is 1. The molecule has 20 heavy (non-hydrogen) atoms. The number of anilines is 1. The molecule has 1 aromatic rings. The van der Waals surface area contributed by atoms with Crippen LogP contribution in [-0.2, 0) is 9.53 Å². The molecule has 1 aliphatic heterocycles. The summed E-state index contributed by atoms with van der Waals surface area (Å²) in [4.78, 5) is 18.2. The molecule has 7 heteroatoms. The van der Waals surface area contributed by atoms with Gasteiger partial charge in [0.25, 0.3) is 0 Å². The highest BCUT2D eigenvalue weighted by molar-refractivity contribution is 7.13. The number of carbonyl (C=O) groups is 1. The lowest BCUT2D eigenvalue weighted by Crippen LogP contribution is -2.41. The van der Waals surface area contributed by atoms with Crippen LogP contribution in [0.5, 0.6) is 0 Å². The van der Waals surface area contributed by atoms with Gasteiger partial charge in [0.2, 0.25) is 5.91 Å². The first-order valence-electron chi connectivity index (χ1n) is 6.78. The van der Waals surface area contributed by atoms with Crippen LogP contribution in [0.15, 0.2) is 11.6 Å². The molecule has 114 valence electrons. The Labute approximate surface area is 130 Å². The Morgan fingerprint density at radius 3 is 3.20 bits per heavy atom. The molecule has 0 aromatic carbocycles. The molecular formula is C13H22ClN3O2S. The van der Waals surface area contributed by atoms with E-state index in [4.69, 9.17) is 4.74 Å². The number of ether oxygens (including phenoxy) is 1. The molecule has 1 fully saturated rings. The molecule has 0 saturated carbocycles. The average Bonchev–Trinajstić information content (AvgIpc) is 2.97. The highest BCUT2D eigenvalue weighted by Gasteiger charge is 2.21.